The highest BCUT2D eigenvalue weighted by atomic mass is 16.4. The number of benzene rings is 3. The average molecular weight is 1130 g/mol. The summed E-state index contributed by atoms with van der Waals surface area (Å²) in [5.41, 5.74) is 12.7. The minimum Gasteiger partial charge on any atom is -0.481 e. The van der Waals surface area contributed by atoms with Crippen molar-refractivity contribution in [2.75, 3.05) is 13.1 Å². The third-order valence-electron chi connectivity index (χ3n) is 25.9. The lowest BCUT2D eigenvalue weighted by Crippen LogP contribution is -2.69. The molecule has 18 rings (SSSR count). The highest BCUT2D eigenvalue weighted by molar-refractivity contribution is 5.78. The molecule has 6 nitrogen and oxygen atoms in total. The van der Waals surface area contributed by atoms with Crippen LogP contribution < -0.4 is 21.1 Å². The molecule has 0 aromatic heterocycles. The first kappa shape index (κ1) is 56.6. The number of aliphatic hydroxyl groups is 2. The van der Waals surface area contributed by atoms with Crippen LogP contribution >= 0.6 is 0 Å². The van der Waals surface area contributed by atoms with E-state index in [9.17, 15) is 20.1 Å². The Hall–Kier alpha value is -5.17. The molecule has 3 aromatic rings. The molecule has 14 bridgehead atoms. The van der Waals surface area contributed by atoms with Crippen molar-refractivity contribution in [1.29, 1.82) is 0 Å². The van der Waals surface area contributed by atoms with Gasteiger partial charge in [-0.25, -0.2) is 0 Å². The van der Waals surface area contributed by atoms with E-state index in [1.54, 1.807) is 16.7 Å². The minimum absolute atomic E-state index is 0.110. The molecule has 6 heteroatoms. The van der Waals surface area contributed by atoms with Crippen molar-refractivity contribution in [3.05, 3.63) is 171 Å². The van der Waals surface area contributed by atoms with Gasteiger partial charge in [-0.05, 0) is 219 Å². The van der Waals surface area contributed by atoms with E-state index in [2.05, 4.69) is 148 Å². The fourth-order valence-corrected chi connectivity index (χ4v) is 22.5. The summed E-state index contributed by atoms with van der Waals surface area (Å²) in [6.07, 6.45) is 34.7. The Kier molecular flexibility index (Phi) is 14.8. The Bertz CT molecular complexity index is 3360. The summed E-state index contributed by atoms with van der Waals surface area (Å²) in [6.45, 7) is 16.4. The van der Waals surface area contributed by atoms with Gasteiger partial charge in [0.25, 0.3) is 0 Å². The van der Waals surface area contributed by atoms with E-state index < -0.39 is 29.5 Å². The first-order chi connectivity index (χ1) is 40.7. The molecule has 0 saturated heterocycles. The van der Waals surface area contributed by atoms with Crippen LogP contribution in [0.1, 0.15) is 179 Å². The van der Waals surface area contributed by atoms with E-state index in [4.69, 9.17) is 6.58 Å². The van der Waals surface area contributed by atoms with Crippen molar-refractivity contribution < 1.29 is 20.1 Å². The van der Waals surface area contributed by atoms with Crippen LogP contribution in [0.15, 0.2) is 143 Å². The largest absolute Gasteiger partial charge is 0.481 e. The number of aliphatic carboxylic acids is 1. The maximum atomic E-state index is 14.6. The van der Waals surface area contributed by atoms with Crippen molar-refractivity contribution in [2.24, 2.45) is 80.3 Å². The van der Waals surface area contributed by atoms with Crippen molar-refractivity contribution in [2.45, 2.75) is 188 Å². The monoisotopic (exact) mass is 1130 g/mol. The molecule has 5 N–H and O–H groups in total. The van der Waals surface area contributed by atoms with E-state index in [1.165, 1.54) is 81.5 Å². The zero-order valence-corrected chi connectivity index (χ0v) is 51.4. The van der Waals surface area contributed by atoms with Gasteiger partial charge in [-0.2, -0.15) is 0 Å². The molecule has 4 saturated carbocycles. The Labute approximate surface area is 503 Å². The smallest absolute Gasteiger partial charge is 0.306 e. The lowest BCUT2D eigenvalue weighted by atomic mass is 9.29. The third-order valence-corrected chi connectivity index (χ3v) is 25.9. The predicted molar refractivity (Wildman–Crippen MR) is 341 cm³/mol. The molecule has 15 aliphatic rings. The number of hydrogen-bond acceptors (Lipinski definition) is 5. The van der Waals surface area contributed by atoms with Gasteiger partial charge in [0, 0.05) is 46.6 Å². The Balaban J connectivity index is 0.981. The number of fused-ring (bicyclic) bond motifs is 1. The molecule has 3 aromatic carbocycles. The molecular weight excluding hydrogens is 1030 g/mol. The zero-order chi connectivity index (χ0) is 57.8. The van der Waals surface area contributed by atoms with Crippen LogP contribution in [0, 0.1) is 80.3 Å². The Morgan fingerprint density at radius 3 is 2.38 bits per heavy atom. The molecular formula is C78H98N2O4. The van der Waals surface area contributed by atoms with Crippen molar-refractivity contribution >= 4 is 23.2 Å². The fraction of sp³-hybridized carbons (Fsp3) is 0.577. The van der Waals surface area contributed by atoms with Gasteiger partial charge in [-0.1, -0.05) is 179 Å². The average Bonchev–Trinajstić information content (AvgIpc) is 0.920. The topological polar surface area (TPSA) is 102 Å². The lowest BCUT2D eigenvalue weighted by molar-refractivity contribution is -0.168. The lowest BCUT2D eigenvalue weighted by Gasteiger charge is -2.74. The van der Waals surface area contributed by atoms with E-state index in [1.807, 2.05) is 0 Å². The second-order valence-corrected chi connectivity index (χ2v) is 30.4. The second-order valence-electron chi connectivity index (χ2n) is 30.4. The summed E-state index contributed by atoms with van der Waals surface area (Å²) in [4.78, 5) is 14.6. The summed E-state index contributed by atoms with van der Waals surface area (Å²) in [6, 6.07) is 29.9. The molecule has 4 fully saturated rings. The van der Waals surface area contributed by atoms with Gasteiger partial charge in [-0.15, -0.1) is 0 Å². The number of aliphatic hydroxyl groups excluding tert-OH is 2. The summed E-state index contributed by atoms with van der Waals surface area (Å²) >= 11 is 0. The fourth-order valence-electron chi connectivity index (χ4n) is 22.5. The number of rotatable bonds is 7. The van der Waals surface area contributed by atoms with Crippen LogP contribution in [0.5, 0.6) is 0 Å². The normalized spacial score (nSPS) is 38.4. The van der Waals surface area contributed by atoms with Crippen LogP contribution in [-0.4, -0.2) is 46.6 Å². The highest BCUT2D eigenvalue weighted by Crippen LogP contribution is 2.83. The summed E-state index contributed by atoms with van der Waals surface area (Å²) in [5, 5.41) is 48.6. The number of dihydropyridines is 1. The van der Waals surface area contributed by atoms with Gasteiger partial charge in [0.2, 0.25) is 0 Å². The molecule has 12 atom stereocenters. The standard InChI is InChI=1S/C78H98N2O4/c1-49(2)40-59-33-36-74(4)69(82)35-38-77-65-34-37-75(5)71-62(72(83)84)31-25-50(3)60(54-19-10-7-11-20-54)24-15-39-79-70-32-28-57(48-80-70)55-22-14-18-53(42-55)43-63-61-23-13-12-21-56(61)44-66(77)64(63)45-76(59,73(74)77)46-67(65)78(75,47-68(71)81)58-29-26-52(27-30-58)41-51-16-8-6-9-17-51/h6,8-9,12-14,16-18,21-23,28,32-33,42,44-45,49,52,54,58,60,62,66,68-69,71,73,79-82H,3,7,10-11,15,19-20,24-27,29-31,34-41,43,46-48H2,1-2,4-5H3,(H,83,84). The molecule has 2 spiro atoms. The SMILES string of the molecule is C=C1CCC(C(=O)O)C2C(O)CC3(C4CCC(Cc5ccccc5)CC4)C4=C(CCC23C)C23CCC(O)C5(C)CC=C(CC(C)C)C(C=C6C(=c7ccccc7=CC62)Cc2cccc(c2)C2=CC=C(NCCCC1C1CCCCC1)NC2)(C4)C53. The number of carboxylic acid groups (broad SMARTS) is 1. The molecule has 0 radical (unpaired) electrons. The number of carboxylic acids is 1. The number of nitrogens with one attached hydrogen (secondary N) is 2. The molecule has 0 amide bonds. The summed E-state index contributed by atoms with van der Waals surface area (Å²) in [7, 11) is 0. The maximum absolute atomic E-state index is 14.6. The number of allylic oxidation sites excluding steroid dienone is 9. The molecule has 9 aliphatic carbocycles. The maximum Gasteiger partial charge on any atom is 0.306 e. The van der Waals surface area contributed by atoms with Crippen molar-refractivity contribution in [3.8, 4) is 0 Å². The number of carbonyl (C=O) groups is 1. The van der Waals surface area contributed by atoms with Gasteiger partial charge >= 0.3 is 5.97 Å². The van der Waals surface area contributed by atoms with E-state index in [0.29, 0.717) is 48.9 Å². The quantitative estimate of drug-likeness (QED) is 0.151. The molecule has 6 aliphatic heterocycles. The van der Waals surface area contributed by atoms with E-state index >= 15 is 0 Å². The van der Waals surface area contributed by atoms with Gasteiger partial charge in [0.1, 0.15) is 0 Å². The highest BCUT2D eigenvalue weighted by Gasteiger charge is 2.77. The predicted octanol–water partition coefficient (Wildman–Crippen LogP) is 14.9. The summed E-state index contributed by atoms with van der Waals surface area (Å²) < 4.78 is 0. The van der Waals surface area contributed by atoms with Crippen molar-refractivity contribution in [1.82, 2.24) is 10.6 Å². The van der Waals surface area contributed by atoms with Crippen LogP contribution in [0.2, 0.25) is 0 Å². The summed E-state index contributed by atoms with van der Waals surface area (Å²) in [5.74, 6) is 1.92. The third kappa shape index (κ3) is 8.98. The van der Waals surface area contributed by atoms with Gasteiger partial charge in [0.05, 0.1) is 23.9 Å². The molecule has 6 heterocycles. The first-order valence-electron chi connectivity index (χ1n) is 33.9. The van der Waals surface area contributed by atoms with Crippen molar-refractivity contribution in [3.63, 3.8) is 0 Å². The number of hydrogen-bond donors (Lipinski definition) is 5. The molecule has 444 valence electrons. The van der Waals surface area contributed by atoms with Gasteiger partial charge in [-0.3, -0.25) is 4.79 Å². The second kappa shape index (κ2) is 21.9. The minimum atomic E-state index is -0.729. The molecule has 84 heavy (non-hydrogen) atoms. The van der Waals surface area contributed by atoms with Crippen LogP contribution in [0.25, 0.3) is 17.2 Å². The first-order valence-corrected chi connectivity index (χ1v) is 33.9. The van der Waals surface area contributed by atoms with E-state index in [0.717, 1.165) is 115 Å². The van der Waals surface area contributed by atoms with Crippen LogP contribution in [0.4, 0.5) is 0 Å². The van der Waals surface area contributed by atoms with Crippen LogP contribution in [-0.2, 0) is 17.6 Å². The van der Waals surface area contributed by atoms with Gasteiger partial charge < -0.3 is 26.0 Å². The Morgan fingerprint density at radius 1 is 0.810 bits per heavy atom. The zero-order valence-electron chi connectivity index (χ0n) is 51.4. The Morgan fingerprint density at radius 2 is 1.61 bits per heavy atom. The van der Waals surface area contributed by atoms with E-state index in [-0.39, 0.29) is 39.4 Å². The van der Waals surface area contributed by atoms with Gasteiger partial charge in [0.15, 0.2) is 0 Å². The van der Waals surface area contributed by atoms with Crippen LogP contribution in [0.3, 0.4) is 0 Å². The molecule has 12 unspecified atom stereocenters.